The second-order valence-corrected chi connectivity index (χ2v) is 7.18. The third-order valence-electron chi connectivity index (χ3n) is 5.38. The van der Waals surface area contributed by atoms with Crippen LogP contribution in [0.15, 0.2) is 48.5 Å². The maximum Gasteiger partial charge on any atom is 0.411 e. The lowest BCUT2D eigenvalue weighted by molar-refractivity contribution is 0.187. The fourth-order valence-corrected chi connectivity index (χ4v) is 3.96. The Morgan fingerprint density at radius 1 is 1.10 bits per heavy atom. The molecule has 0 saturated carbocycles. The van der Waals surface area contributed by atoms with Gasteiger partial charge in [0.25, 0.3) is 0 Å². The van der Waals surface area contributed by atoms with E-state index in [-0.39, 0.29) is 12.1 Å². The quantitative estimate of drug-likeness (QED) is 0.661. The number of urea groups is 1. The normalized spacial score (nSPS) is 15.9. The number of anilines is 2. The number of carbonyl (C=O) groups excluding carboxylic acids is 2. The number of ether oxygens (including phenoxy) is 1. The Hall–Kier alpha value is -3.55. The van der Waals surface area contributed by atoms with Crippen molar-refractivity contribution in [1.82, 2.24) is 14.5 Å². The monoisotopic (exact) mass is 407 g/mol. The van der Waals surface area contributed by atoms with Gasteiger partial charge in [-0.25, -0.2) is 14.6 Å². The second kappa shape index (κ2) is 8.44. The SMILES string of the molecule is CCn1c(C2CCCN2C(=O)Nc2ccc(NC(=O)OC)cc2)nc2ccccc21. The van der Waals surface area contributed by atoms with Crippen molar-refractivity contribution in [1.29, 1.82) is 0 Å². The van der Waals surface area contributed by atoms with E-state index in [1.807, 2.05) is 23.1 Å². The largest absolute Gasteiger partial charge is 0.453 e. The number of imidazole rings is 1. The van der Waals surface area contributed by atoms with Crippen LogP contribution in [0.4, 0.5) is 21.0 Å². The molecular weight excluding hydrogens is 382 g/mol. The van der Waals surface area contributed by atoms with Crippen LogP contribution in [0.5, 0.6) is 0 Å². The molecule has 1 fully saturated rings. The van der Waals surface area contributed by atoms with Gasteiger partial charge in [0.05, 0.1) is 24.2 Å². The Kier molecular flexibility index (Phi) is 5.56. The molecule has 30 heavy (non-hydrogen) atoms. The van der Waals surface area contributed by atoms with Crippen molar-refractivity contribution in [3.8, 4) is 0 Å². The number of hydrogen-bond acceptors (Lipinski definition) is 4. The number of rotatable bonds is 4. The van der Waals surface area contributed by atoms with Crippen molar-refractivity contribution < 1.29 is 14.3 Å². The number of methoxy groups -OCH3 is 1. The van der Waals surface area contributed by atoms with E-state index in [9.17, 15) is 9.59 Å². The molecule has 1 aliphatic heterocycles. The van der Waals surface area contributed by atoms with Gasteiger partial charge in [-0.3, -0.25) is 5.32 Å². The van der Waals surface area contributed by atoms with Gasteiger partial charge in [0, 0.05) is 24.5 Å². The van der Waals surface area contributed by atoms with Gasteiger partial charge in [-0.1, -0.05) is 12.1 Å². The van der Waals surface area contributed by atoms with E-state index < -0.39 is 6.09 Å². The minimum absolute atomic E-state index is 0.0578. The fraction of sp³-hybridized carbons (Fsp3) is 0.318. The van der Waals surface area contributed by atoms with Crippen LogP contribution in [0.3, 0.4) is 0 Å². The summed E-state index contributed by atoms with van der Waals surface area (Å²) < 4.78 is 6.77. The summed E-state index contributed by atoms with van der Waals surface area (Å²) in [5.74, 6) is 0.934. The molecule has 0 bridgehead atoms. The lowest BCUT2D eigenvalue weighted by atomic mass is 10.2. The van der Waals surface area contributed by atoms with Gasteiger partial charge in [-0.15, -0.1) is 0 Å². The molecule has 3 amide bonds. The molecule has 156 valence electrons. The maximum absolute atomic E-state index is 13.0. The minimum Gasteiger partial charge on any atom is -0.453 e. The lowest BCUT2D eigenvalue weighted by Crippen LogP contribution is -2.35. The van der Waals surface area contributed by atoms with Crippen molar-refractivity contribution >= 4 is 34.5 Å². The highest BCUT2D eigenvalue weighted by molar-refractivity contribution is 5.91. The van der Waals surface area contributed by atoms with Gasteiger partial charge in [0.2, 0.25) is 0 Å². The Bertz CT molecular complexity index is 1060. The van der Waals surface area contributed by atoms with Crippen LogP contribution in [0.1, 0.15) is 31.6 Å². The average Bonchev–Trinajstić information content (AvgIpc) is 3.39. The number of nitrogens with zero attached hydrogens (tertiary/aromatic N) is 3. The summed E-state index contributed by atoms with van der Waals surface area (Å²) in [4.78, 5) is 31.0. The molecule has 1 aromatic heterocycles. The lowest BCUT2D eigenvalue weighted by Gasteiger charge is -2.25. The van der Waals surface area contributed by atoms with Crippen LogP contribution in [0.25, 0.3) is 11.0 Å². The molecule has 1 atom stereocenters. The smallest absolute Gasteiger partial charge is 0.411 e. The highest BCUT2D eigenvalue weighted by atomic mass is 16.5. The van der Waals surface area contributed by atoms with Crippen LogP contribution in [-0.2, 0) is 11.3 Å². The zero-order chi connectivity index (χ0) is 21.1. The van der Waals surface area contributed by atoms with Crippen LogP contribution in [0.2, 0.25) is 0 Å². The maximum atomic E-state index is 13.0. The Balaban J connectivity index is 1.51. The summed E-state index contributed by atoms with van der Waals surface area (Å²) in [5.41, 5.74) is 3.30. The zero-order valence-electron chi connectivity index (χ0n) is 17.1. The summed E-state index contributed by atoms with van der Waals surface area (Å²) in [6.07, 6.45) is 1.29. The molecule has 1 unspecified atom stereocenters. The number of benzene rings is 2. The summed E-state index contributed by atoms with van der Waals surface area (Å²) in [6.45, 7) is 3.59. The number of fused-ring (bicyclic) bond motifs is 1. The first-order valence-electron chi connectivity index (χ1n) is 10.1. The average molecular weight is 407 g/mol. The molecule has 1 aliphatic rings. The molecule has 0 radical (unpaired) electrons. The van der Waals surface area contributed by atoms with E-state index in [0.29, 0.717) is 17.9 Å². The molecule has 2 N–H and O–H groups in total. The van der Waals surface area contributed by atoms with Crippen molar-refractivity contribution in [3.63, 3.8) is 0 Å². The standard InChI is InChI=1S/C22H25N5O3/c1-3-26-18-8-5-4-7-17(18)25-20(26)19-9-6-14-27(19)21(28)23-15-10-12-16(13-11-15)24-22(29)30-2/h4-5,7-8,10-13,19H,3,6,9,14H2,1-2H3,(H,23,28)(H,24,29). The van der Waals surface area contributed by atoms with E-state index in [4.69, 9.17) is 4.98 Å². The first kappa shape index (κ1) is 19.8. The summed E-state index contributed by atoms with van der Waals surface area (Å²) in [7, 11) is 1.31. The first-order chi connectivity index (χ1) is 14.6. The second-order valence-electron chi connectivity index (χ2n) is 7.18. The van der Waals surface area contributed by atoms with Gasteiger partial charge in [-0.05, 0) is 56.2 Å². The van der Waals surface area contributed by atoms with E-state index in [1.165, 1.54) is 7.11 Å². The Morgan fingerprint density at radius 3 is 2.50 bits per heavy atom. The van der Waals surface area contributed by atoms with Gasteiger partial charge in [0.15, 0.2) is 0 Å². The highest BCUT2D eigenvalue weighted by Gasteiger charge is 2.33. The number of para-hydroxylation sites is 2. The molecular formula is C22H25N5O3. The van der Waals surface area contributed by atoms with Crippen molar-refractivity contribution in [3.05, 3.63) is 54.4 Å². The van der Waals surface area contributed by atoms with Gasteiger partial charge in [-0.2, -0.15) is 0 Å². The van der Waals surface area contributed by atoms with Gasteiger partial charge in [0.1, 0.15) is 5.82 Å². The molecule has 0 aliphatic carbocycles. The van der Waals surface area contributed by atoms with Crippen molar-refractivity contribution in [2.75, 3.05) is 24.3 Å². The number of likely N-dealkylation sites (tertiary alicyclic amines) is 1. The number of hydrogen-bond donors (Lipinski definition) is 2. The van der Waals surface area contributed by atoms with Crippen molar-refractivity contribution in [2.45, 2.75) is 32.4 Å². The molecule has 8 heteroatoms. The van der Waals surface area contributed by atoms with Gasteiger partial charge < -0.3 is 19.5 Å². The van der Waals surface area contributed by atoms with Crippen LogP contribution in [-0.4, -0.2) is 40.2 Å². The fourth-order valence-electron chi connectivity index (χ4n) is 3.96. The molecule has 0 spiro atoms. The Labute approximate surface area is 174 Å². The number of aryl methyl sites for hydroxylation is 1. The van der Waals surface area contributed by atoms with E-state index in [2.05, 4.69) is 32.9 Å². The minimum atomic E-state index is -0.537. The molecule has 2 heterocycles. The van der Waals surface area contributed by atoms with Gasteiger partial charge >= 0.3 is 12.1 Å². The summed E-state index contributed by atoms with van der Waals surface area (Å²) in [6, 6.07) is 14.8. The number of amides is 3. The predicted molar refractivity (Wildman–Crippen MR) is 116 cm³/mol. The summed E-state index contributed by atoms with van der Waals surface area (Å²) in [5, 5.41) is 5.54. The van der Waals surface area contributed by atoms with Crippen LogP contribution < -0.4 is 10.6 Å². The molecule has 3 aromatic rings. The number of carbonyl (C=O) groups is 2. The zero-order valence-corrected chi connectivity index (χ0v) is 17.1. The predicted octanol–water partition coefficient (Wildman–Crippen LogP) is 4.60. The van der Waals surface area contributed by atoms with E-state index in [1.54, 1.807) is 24.3 Å². The van der Waals surface area contributed by atoms with Crippen molar-refractivity contribution in [2.24, 2.45) is 0 Å². The number of nitrogens with one attached hydrogen (secondary N) is 2. The van der Waals surface area contributed by atoms with E-state index >= 15 is 0 Å². The summed E-state index contributed by atoms with van der Waals surface area (Å²) >= 11 is 0. The topological polar surface area (TPSA) is 88.5 Å². The molecule has 8 nitrogen and oxygen atoms in total. The molecule has 1 saturated heterocycles. The third-order valence-corrected chi connectivity index (χ3v) is 5.38. The van der Waals surface area contributed by atoms with E-state index in [0.717, 1.165) is 36.2 Å². The molecule has 4 rings (SSSR count). The highest BCUT2D eigenvalue weighted by Crippen LogP contribution is 2.34. The first-order valence-corrected chi connectivity index (χ1v) is 10.1. The van der Waals surface area contributed by atoms with Crippen LogP contribution >= 0.6 is 0 Å². The third kappa shape index (κ3) is 3.80. The van der Waals surface area contributed by atoms with Crippen LogP contribution in [0, 0.1) is 0 Å². The molecule has 2 aromatic carbocycles. The Morgan fingerprint density at radius 2 is 1.80 bits per heavy atom. The number of aromatic nitrogens is 2.